The molecule has 50 heavy (non-hydrogen) atoms. The van der Waals surface area contributed by atoms with Crippen LogP contribution in [0.2, 0.25) is 0 Å². The van der Waals surface area contributed by atoms with Gasteiger partial charge in [-0.3, -0.25) is 0 Å². The van der Waals surface area contributed by atoms with Crippen molar-refractivity contribution in [2.24, 2.45) is 0 Å². The molecule has 1 spiro atoms. The van der Waals surface area contributed by atoms with Gasteiger partial charge in [0.05, 0.1) is 5.56 Å². The maximum atomic E-state index is 13.7. The summed E-state index contributed by atoms with van der Waals surface area (Å²) in [6.45, 7) is 10.7. The maximum Gasteiger partial charge on any atom is 0.340 e. The van der Waals surface area contributed by atoms with Crippen LogP contribution in [0.15, 0.2) is 133 Å². The Morgan fingerprint density at radius 3 is 1.78 bits per heavy atom. The van der Waals surface area contributed by atoms with Gasteiger partial charge in [0.1, 0.15) is 11.5 Å². The van der Waals surface area contributed by atoms with Crippen molar-refractivity contribution < 1.29 is 14.3 Å². The summed E-state index contributed by atoms with van der Waals surface area (Å²) >= 11 is 0. The van der Waals surface area contributed by atoms with Gasteiger partial charge in [0, 0.05) is 59.5 Å². The van der Waals surface area contributed by atoms with E-state index in [9.17, 15) is 4.79 Å². The van der Waals surface area contributed by atoms with Gasteiger partial charge < -0.3 is 19.3 Å². The number of nitrogens with zero attached hydrogens (tertiary/aromatic N) is 2. The third-order valence-corrected chi connectivity index (χ3v) is 10.0. The zero-order valence-electron chi connectivity index (χ0n) is 28.9. The van der Waals surface area contributed by atoms with Crippen LogP contribution in [-0.4, -0.2) is 12.5 Å². The molecule has 2 aliphatic heterocycles. The Morgan fingerprint density at radius 1 is 0.560 bits per heavy atom. The average molecular weight is 657 g/mol. The molecular formula is C45H40N2O3. The Kier molecular flexibility index (Phi) is 7.91. The highest BCUT2D eigenvalue weighted by atomic mass is 16.6. The Labute approximate surface area is 294 Å². The molecule has 0 bridgehead atoms. The van der Waals surface area contributed by atoms with Gasteiger partial charge in [-0.25, -0.2) is 4.79 Å². The van der Waals surface area contributed by atoms with Crippen molar-refractivity contribution in [2.75, 3.05) is 16.3 Å². The highest BCUT2D eigenvalue weighted by Crippen LogP contribution is 2.57. The molecule has 8 rings (SSSR count). The molecule has 2 aliphatic rings. The van der Waals surface area contributed by atoms with Crippen LogP contribution in [0.3, 0.4) is 0 Å². The number of carbonyl (C=O) groups excluding carboxylic acids is 1. The first kappa shape index (κ1) is 31.5. The summed E-state index contributed by atoms with van der Waals surface area (Å²) in [6.07, 6.45) is 0. The molecular weight excluding hydrogens is 617 g/mol. The van der Waals surface area contributed by atoms with Crippen LogP contribution in [0.5, 0.6) is 11.5 Å². The molecule has 248 valence electrons. The van der Waals surface area contributed by atoms with Crippen molar-refractivity contribution in [3.63, 3.8) is 0 Å². The topological polar surface area (TPSA) is 42.0 Å². The van der Waals surface area contributed by atoms with Crippen molar-refractivity contribution in [1.82, 2.24) is 0 Å². The molecule has 0 aromatic heterocycles. The third-order valence-electron chi connectivity index (χ3n) is 10.0. The van der Waals surface area contributed by atoms with Gasteiger partial charge in [-0.2, -0.15) is 0 Å². The predicted molar refractivity (Wildman–Crippen MR) is 201 cm³/mol. The summed E-state index contributed by atoms with van der Waals surface area (Å²) in [5.74, 6) is 1.01. The lowest BCUT2D eigenvalue weighted by atomic mass is 9.77. The Bertz CT molecular complexity index is 2160. The maximum absolute atomic E-state index is 13.7. The van der Waals surface area contributed by atoms with Gasteiger partial charge in [-0.05, 0) is 87.4 Å². The quantitative estimate of drug-likeness (QED) is 0.153. The number of hydrogen-bond acceptors (Lipinski definition) is 5. The Morgan fingerprint density at radius 2 is 1.14 bits per heavy atom. The van der Waals surface area contributed by atoms with Crippen LogP contribution in [0, 0.1) is 20.8 Å². The van der Waals surface area contributed by atoms with Gasteiger partial charge >= 0.3 is 5.97 Å². The third kappa shape index (κ3) is 5.49. The summed E-state index contributed by atoms with van der Waals surface area (Å²) in [6, 6.07) is 46.3. The van der Waals surface area contributed by atoms with Crippen LogP contribution >= 0.6 is 0 Å². The van der Waals surface area contributed by atoms with E-state index in [-0.39, 0.29) is 5.97 Å². The van der Waals surface area contributed by atoms with Gasteiger partial charge in [0.25, 0.3) is 0 Å². The first-order chi connectivity index (χ1) is 24.3. The molecule has 5 nitrogen and oxygen atoms in total. The average Bonchev–Trinajstić information content (AvgIpc) is 3.43. The lowest BCUT2D eigenvalue weighted by molar-refractivity contribution is 0.0224. The minimum Gasteiger partial charge on any atom is -0.456 e. The number of esters is 1. The van der Waals surface area contributed by atoms with Crippen molar-refractivity contribution in [3.8, 4) is 11.5 Å². The predicted octanol–water partition coefficient (Wildman–Crippen LogP) is 10.5. The molecule has 6 aromatic rings. The molecule has 5 heteroatoms. The van der Waals surface area contributed by atoms with Gasteiger partial charge in [-0.1, -0.05) is 95.6 Å². The SMILES string of the molecule is CCN(c1ccc(C)cc1)c1ccc2c(c1)Oc1ccc(N(Cc3ccc(C)cc3)Cc3ccc(C)cc3)cc1C21OC(=O)c2ccccc21. The van der Waals surface area contributed by atoms with Crippen molar-refractivity contribution in [2.45, 2.75) is 46.4 Å². The fraction of sp³-hybridized carbons (Fsp3) is 0.178. The molecule has 0 amide bonds. The molecule has 0 saturated heterocycles. The number of ether oxygens (including phenoxy) is 2. The van der Waals surface area contributed by atoms with E-state index < -0.39 is 5.60 Å². The molecule has 1 atom stereocenters. The largest absolute Gasteiger partial charge is 0.456 e. The van der Waals surface area contributed by atoms with Crippen LogP contribution in [-0.2, 0) is 23.4 Å². The molecule has 6 aromatic carbocycles. The van der Waals surface area contributed by atoms with E-state index in [1.807, 2.05) is 30.3 Å². The Hall–Kier alpha value is -5.81. The first-order valence-electron chi connectivity index (χ1n) is 17.3. The van der Waals surface area contributed by atoms with E-state index >= 15 is 0 Å². The molecule has 1 unspecified atom stereocenters. The molecule has 0 fully saturated rings. The smallest absolute Gasteiger partial charge is 0.340 e. The second kappa shape index (κ2) is 12.6. The van der Waals surface area contributed by atoms with E-state index in [0.29, 0.717) is 30.2 Å². The molecule has 0 radical (unpaired) electrons. The van der Waals surface area contributed by atoms with Crippen LogP contribution in [0.4, 0.5) is 17.1 Å². The minimum atomic E-state index is -1.16. The van der Waals surface area contributed by atoms with Crippen molar-refractivity contribution >= 4 is 23.0 Å². The lowest BCUT2D eigenvalue weighted by Crippen LogP contribution is -2.33. The normalized spacial score (nSPS) is 15.5. The van der Waals surface area contributed by atoms with Crippen LogP contribution < -0.4 is 14.5 Å². The molecule has 0 aliphatic carbocycles. The van der Waals surface area contributed by atoms with E-state index in [1.165, 1.54) is 27.8 Å². The lowest BCUT2D eigenvalue weighted by Gasteiger charge is -2.38. The van der Waals surface area contributed by atoms with E-state index in [2.05, 4.69) is 141 Å². The summed E-state index contributed by atoms with van der Waals surface area (Å²) in [5.41, 5.74) is 11.1. The fourth-order valence-electron chi connectivity index (χ4n) is 7.32. The minimum absolute atomic E-state index is 0.333. The highest BCUT2D eigenvalue weighted by Gasteiger charge is 2.53. The van der Waals surface area contributed by atoms with E-state index in [1.54, 1.807) is 0 Å². The van der Waals surface area contributed by atoms with Crippen molar-refractivity contribution in [3.05, 3.63) is 184 Å². The number of rotatable bonds is 8. The second-order valence-corrected chi connectivity index (χ2v) is 13.5. The molecule has 2 heterocycles. The van der Waals surface area contributed by atoms with E-state index in [4.69, 9.17) is 9.47 Å². The van der Waals surface area contributed by atoms with Crippen LogP contribution in [0.25, 0.3) is 0 Å². The second-order valence-electron chi connectivity index (χ2n) is 13.5. The number of carbonyl (C=O) groups is 1. The number of benzene rings is 6. The monoisotopic (exact) mass is 656 g/mol. The number of aryl methyl sites for hydroxylation is 3. The highest BCUT2D eigenvalue weighted by molar-refractivity contribution is 5.97. The van der Waals surface area contributed by atoms with E-state index in [0.717, 1.165) is 40.3 Å². The summed E-state index contributed by atoms with van der Waals surface area (Å²) in [5, 5.41) is 0. The standard InChI is InChI=1S/C45H40N2O3/c1-5-47(35-20-14-32(4)15-21-35)37-22-24-40-43(27-37)49-42-25-23-36(26-41(42)45(40)39-9-7-6-8-38(39)44(48)50-45)46(28-33-16-10-30(2)11-17-33)29-34-18-12-31(3)13-19-34/h6-27H,5,28-29H2,1-4H3. The first-order valence-corrected chi connectivity index (χ1v) is 17.3. The molecule has 0 saturated carbocycles. The number of fused-ring (bicyclic) bond motifs is 6. The van der Waals surface area contributed by atoms with Gasteiger partial charge in [0.2, 0.25) is 0 Å². The number of hydrogen-bond donors (Lipinski definition) is 0. The fourth-order valence-corrected chi connectivity index (χ4v) is 7.32. The zero-order valence-corrected chi connectivity index (χ0v) is 28.9. The Balaban J connectivity index is 1.26. The zero-order chi connectivity index (χ0) is 34.4. The van der Waals surface area contributed by atoms with Gasteiger partial charge in [0.15, 0.2) is 5.60 Å². The van der Waals surface area contributed by atoms with Crippen LogP contribution in [0.1, 0.15) is 61.8 Å². The molecule has 0 N–H and O–H groups in total. The summed E-state index contributed by atoms with van der Waals surface area (Å²) < 4.78 is 13.4. The number of anilines is 3. The van der Waals surface area contributed by atoms with Gasteiger partial charge in [-0.15, -0.1) is 0 Å². The summed E-state index contributed by atoms with van der Waals surface area (Å²) in [4.78, 5) is 18.3. The van der Waals surface area contributed by atoms with Crippen molar-refractivity contribution in [1.29, 1.82) is 0 Å². The summed E-state index contributed by atoms with van der Waals surface area (Å²) in [7, 11) is 0.